The lowest BCUT2D eigenvalue weighted by Crippen LogP contribution is -2.14. The Kier molecular flexibility index (Phi) is 5.65. The van der Waals surface area contributed by atoms with Crippen LogP contribution >= 0.6 is 24.0 Å². The number of hydrogen-bond acceptors (Lipinski definition) is 3. The van der Waals surface area contributed by atoms with Crippen LogP contribution in [0.3, 0.4) is 0 Å². The lowest BCUT2D eigenvalue weighted by Gasteiger charge is -2.19. The number of nitrogens with two attached hydrogens (primary N) is 1. The van der Waals surface area contributed by atoms with Crippen LogP contribution in [0.5, 0.6) is 5.75 Å². The van der Waals surface area contributed by atoms with Gasteiger partial charge < -0.3 is 10.5 Å². The second kappa shape index (κ2) is 7.48. The summed E-state index contributed by atoms with van der Waals surface area (Å²) in [5.41, 5.74) is 7.86. The first-order valence-electron chi connectivity index (χ1n) is 6.90. The molecule has 0 amide bonds. The van der Waals surface area contributed by atoms with Crippen molar-refractivity contribution < 1.29 is 4.74 Å². The number of thioether (sulfide) groups is 1. The Morgan fingerprint density at radius 1 is 1.19 bits per heavy atom. The smallest absolute Gasteiger partial charge is 0.131 e. The molecule has 0 saturated heterocycles. The van der Waals surface area contributed by atoms with Crippen molar-refractivity contribution in [1.82, 2.24) is 0 Å². The van der Waals surface area contributed by atoms with Gasteiger partial charge in [0, 0.05) is 4.90 Å². The maximum Gasteiger partial charge on any atom is 0.131 e. The van der Waals surface area contributed by atoms with Gasteiger partial charge in [0.15, 0.2) is 0 Å². The van der Waals surface area contributed by atoms with Crippen LogP contribution in [-0.4, -0.2) is 10.7 Å². The Balaban J connectivity index is 2.31. The van der Waals surface area contributed by atoms with E-state index >= 15 is 0 Å². The van der Waals surface area contributed by atoms with E-state index in [0.29, 0.717) is 4.99 Å². The molecular weight excluding hydrogens is 298 g/mol. The molecule has 0 aromatic heterocycles. The third-order valence-electron chi connectivity index (χ3n) is 3.11. The molecule has 0 aliphatic rings. The molecule has 4 heteroatoms. The van der Waals surface area contributed by atoms with Gasteiger partial charge in [0.25, 0.3) is 0 Å². The molecule has 0 spiro atoms. The zero-order valence-electron chi connectivity index (χ0n) is 12.2. The van der Waals surface area contributed by atoms with E-state index in [4.69, 9.17) is 22.7 Å². The Bertz CT molecular complexity index is 613. The first-order valence-corrected chi connectivity index (χ1v) is 8.30. The molecule has 0 heterocycles. The van der Waals surface area contributed by atoms with Gasteiger partial charge in [-0.3, -0.25) is 0 Å². The molecule has 0 aliphatic carbocycles. The normalized spacial score (nSPS) is 11.9. The maximum atomic E-state index is 6.10. The quantitative estimate of drug-likeness (QED) is 0.625. The second-order valence-electron chi connectivity index (χ2n) is 4.60. The summed E-state index contributed by atoms with van der Waals surface area (Å²) in [7, 11) is 0. The van der Waals surface area contributed by atoms with Crippen molar-refractivity contribution in [2.45, 2.75) is 24.8 Å². The van der Waals surface area contributed by atoms with Crippen molar-refractivity contribution in [2.75, 3.05) is 5.75 Å². The predicted octanol–water partition coefficient (Wildman–Crippen LogP) is 4.57. The van der Waals surface area contributed by atoms with Gasteiger partial charge in [-0.2, -0.15) is 0 Å². The van der Waals surface area contributed by atoms with Crippen LogP contribution in [0.25, 0.3) is 0 Å². The number of thiocarbonyl (C=S) groups is 1. The van der Waals surface area contributed by atoms with Gasteiger partial charge in [0.2, 0.25) is 0 Å². The van der Waals surface area contributed by atoms with E-state index in [1.807, 2.05) is 43.3 Å². The molecule has 1 atom stereocenters. The molecular formula is C17H19NOS2. The van der Waals surface area contributed by atoms with Crippen molar-refractivity contribution in [3.05, 3.63) is 59.7 Å². The minimum absolute atomic E-state index is 0.0545. The van der Waals surface area contributed by atoms with Gasteiger partial charge in [0.05, 0.1) is 5.56 Å². The van der Waals surface area contributed by atoms with Crippen LogP contribution in [0.2, 0.25) is 0 Å². The van der Waals surface area contributed by atoms with Gasteiger partial charge >= 0.3 is 0 Å². The molecule has 2 nitrogen and oxygen atoms in total. The van der Waals surface area contributed by atoms with Crippen LogP contribution in [-0.2, 0) is 0 Å². The summed E-state index contributed by atoms with van der Waals surface area (Å²) >= 11 is 6.93. The van der Waals surface area contributed by atoms with Crippen LogP contribution in [0.4, 0.5) is 0 Å². The number of rotatable bonds is 6. The molecule has 2 N–H and O–H groups in total. The van der Waals surface area contributed by atoms with Crippen molar-refractivity contribution in [3.8, 4) is 5.75 Å². The maximum absolute atomic E-state index is 6.10. The van der Waals surface area contributed by atoms with Crippen molar-refractivity contribution in [3.63, 3.8) is 0 Å². The Hall–Kier alpha value is -1.52. The summed E-state index contributed by atoms with van der Waals surface area (Å²) in [6.45, 7) is 4.13. The lowest BCUT2D eigenvalue weighted by atomic mass is 10.1. The fraction of sp³-hybridized carbons (Fsp3) is 0.235. The Labute approximate surface area is 135 Å². The summed E-state index contributed by atoms with van der Waals surface area (Å²) in [6.07, 6.45) is -0.0545. The number of benzene rings is 2. The average Bonchev–Trinajstić information content (AvgIpc) is 2.48. The molecule has 0 saturated carbocycles. The molecule has 110 valence electrons. The van der Waals surface area contributed by atoms with Gasteiger partial charge in [-0.1, -0.05) is 55.5 Å². The zero-order chi connectivity index (χ0) is 15.2. The third-order valence-corrected chi connectivity index (χ3v) is 4.25. The van der Waals surface area contributed by atoms with E-state index in [9.17, 15) is 0 Å². The average molecular weight is 317 g/mol. The molecule has 0 radical (unpaired) electrons. The molecule has 2 rings (SSSR count). The number of ether oxygens (including phenoxy) is 1. The molecule has 0 aliphatic heterocycles. The highest BCUT2D eigenvalue weighted by atomic mass is 32.2. The Morgan fingerprint density at radius 3 is 2.52 bits per heavy atom. The highest BCUT2D eigenvalue weighted by Crippen LogP contribution is 2.32. The van der Waals surface area contributed by atoms with Gasteiger partial charge in [0.1, 0.15) is 16.8 Å². The fourth-order valence-electron chi connectivity index (χ4n) is 2.11. The molecule has 1 unspecified atom stereocenters. The molecule has 0 fully saturated rings. The van der Waals surface area contributed by atoms with Crippen molar-refractivity contribution >= 4 is 29.0 Å². The zero-order valence-corrected chi connectivity index (χ0v) is 13.8. The number of hydrogen-bond donors (Lipinski definition) is 1. The fourth-order valence-corrected chi connectivity index (χ4v) is 3.23. The highest BCUT2D eigenvalue weighted by Gasteiger charge is 2.15. The molecule has 2 aromatic carbocycles. The summed E-state index contributed by atoms with van der Waals surface area (Å²) in [4.78, 5) is 1.45. The van der Waals surface area contributed by atoms with Crippen LogP contribution in [0.15, 0.2) is 53.4 Å². The van der Waals surface area contributed by atoms with E-state index < -0.39 is 0 Å². The standard InChI is InChI=1S/C17H19NOS2/c1-3-21-15-11-7-10-14(16(15)17(18)20)19-12(2)13-8-5-4-6-9-13/h4-12H,3H2,1-2H3,(H2,18,20). The monoisotopic (exact) mass is 317 g/mol. The van der Waals surface area contributed by atoms with Gasteiger partial charge in [-0.25, -0.2) is 0 Å². The topological polar surface area (TPSA) is 35.2 Å². The lowest BCUT2D eigenvalue weighted by molar-refractivity contribution is 0.226. The highest BCUT2D eigenvalue weighted by molar-refractivity contribution is 7.99. The predicted molar refractivity (Wildman–Crippen MR) is 94.2 cm³/mol. The summed E-state index contributed by atoms with van der Waals surface area (Å²) < 4.78 is 6.10. The van der Waals surface area contributed by atoms with E-state index in [1.54, 1.807) is 11.8 Å². The van der Waals surface area contributed by atoms with Gasteiger partial charge in [-0.05, 0) is 30.4 Å². The summed E-state index contributed by atoms with van der Waals surface area (Å²) in [6, 6.07) is 16.0. The minimum atomic E-state index is -0.0545. The Morgan fingerprint density at radius 2 is 1.90 bits per heavy atom. The largest absolute Gasteiger partial charge is 0.485 e. The van der Waals surface area contributed by atoms with Crippen LogP contribution in [0, 0.1) is 0 Å². The van der Waals surface area contributed by atoms with Gasteiger partial charge in [-0.15, -0.1) is 11.8 Å². The summed E-state index contributed by atoms with van der Waals surface area (Å²) in [5, 5.41) is 0. The second-order valence-corrected chi connectivity index (χ2v) is 6.34. The first-order chi connectivity index (χ1) is 10.1. The van der Waals surface area contributed by atoms with E-state index in [2.05, 4.69) is 19.1 Å². The van der Waals surface area contributed by atoms with Crippen molar-refractivity contribution in [1.29, 1.82) is 0 Å². The summed E-state index contributed by atoms with van der Waals surface area (Å²) in [5.74, 6) is 1.71. The van der Waals surface area contributed by atoms with E-state index in [1.165, 1.54) is 0 Å². The van der Waals surface area contributed by atoms with Crippen molar-refractivity contribution in [2.24, 2.45) is 5.73 Å². The SMILES string of the molecule is CCSc1cccc(OC(C)c2ccccc2)c1C(N)=S. The third kappa shape index (κ3) is 3.99. The molecule has 21 heavy (non-hydrogen) atoms. The first kappa shape index (κ1) is 15.9. The molecule has 0 bridgehead atoms. The van der Waals surface area contributed by atoms with Crippen LogP contribution in [0.1, 0.15) is 31.1 Å². The minimum Gasteiger partial charge on any atom is -0.485 e. The van der Waals surface area contributed by atoms with E-state index in [0.717, 1.165) is 27.5 Å². The van der Waals surface area contributed by atoms with E-state index in [-0.39, 0.29) is 6.10 Å². The van der Waals surface area contributed by atoms with Crippen LogP contribution < -0.4 is 10.5 Å². The molecule has 2 aromatic rings.